The van der Waals surface area contributed by atoms with Gasteiger partial charge in [0.2, 0.25) is 0 Å². The van der Waals surface area contributed by atoms with Crippen LogP contribution < -0.4 is 10.4 Å². The van der Waals surface area contributed by atoms with Gasteiger partial charge in [-0.3, -0.25) is 4.79 Å². The molecule has 2 nitrogen and oxygen atoms in total. The van der Waals surface area contributed by atoms with Crippen LogP contribution in [0.3, 0.4) is 0 Å². The molecular weight excluding hydrogens is 372 g/mol. The zero-order valence-electron chi connectivity index (χ0n) is 17.8. The molecule has 0 radical (unpaired) electrons. The van der Waals surface area contributed by atoms with Gasteiger partial charge >= 0.3 is 0 Å². The summed E-state index contributed by atoms with van der Waals surface area (Å²) in [4.78, 5) is 12.6. The summed E-state index contributed by atoms with van der Waals surface area (Å²) in [6, 6.07) is 21.8. The molecule has 3 saturated carbocycles. The maximum absolute atomic E-state index is 12.6. The lowest BCUT2D eigenvalue weighted by molar-refractivity contribution is -0.121. The Balaban J connectivity index is 1.61. The van der Waals surface area contributed by atoms with Crippen molar-refractivity contribution < 1.29 is 9.22 Å². The van der Waals surface area contributed by atoms with Crippen molar-refractivity contribution in [2.75, 3.05) is 0 Å². The summed E-state index contributed by atoms with van der Waals surface area (Å²) in [5.41, 5.74) is 0. The van der Waals surface area contributed by atoms with E-state index in [-0.39, 0.29) is 17.1 Å². The number of hydrogen-bond acceptors (Lipinski definition) is 2. The summed E-state index contributed by atoms with van der Waals surface area (Å²) < 4.78 is 7.44. The van der Waals surface area contributed by atoms with Crippen molar-refractivity contribution in [1.82, 2.24) is 0 Å². The van der Waals surface area contributed by atoms with Gasteiger partial charge in [-0.25, -0.2) is 0 Å². The van der Waals surface area contributed by atoms with Crippen molar-refractivity contribution >= 4 is 24.5 Å². The molecule has 0 spiro atoms. The Hall–Kier alpha value is -1.71. The summed E-state index contributed by atoms with van der Waals surface area (Å²) >= 11 is 0. The average Bonchev–Trinajstić information content (AvgIpc) is 3.36. The summed E-state index contributed by atoms with van der Waals surface area (Å²) in [6.07, 6.45) is 4.44. The summed E-state index contributed by atoms with van der Waals surface area (Å²) in [6.45, 7) is 7.03. The van der Waals surface area contributed by atoms with Gasteiger partial charge in [0.25, 0.3) is 8.32 Å². The van der Waals surface area contributed by atoms with E-state index in [1.54, 1.807) is 0 Å². The molecule has 0 aliphatic heterocycles. The van der Waals surface area contributed by atoms with E-state index in [1.807, 2.05) is 0 Å². The Labute approximate surface area is 175 Å². The molecular formula is C26H32O2Si. The normalized spacial score (nSPS) is 31.3. The van der Waals surface area contributed by atoms with Gasteiger partial charge in [-0.2, -0.15) is 0 Å². The molecule has 3 aliphatic rings. The van der Waals surface area contributed by atoms with E-state index in [9.17, 15) is 4.79 Å². The van der Waals surface area contributed by atoms with E-state index < -0.39 is 8.32 Å². The van der Waals surface area contributed by atoms with Crippen LogP contribution in [0.4, 0.5) is 0 Å². The lowest BCUT2D eigenvalue weighted by Crippen LogP contribution is -2.68. The zero-order valence-corrected chi connectivity index (χ0v) is 18.8. The second-order valence-corrected chi connectivity index (χ2v) is 14.7. The van der Waals surface area contributed by atoms with Crippen LogP contribution >= 0.6 is 0 Å². The average molecular weight is 405 g/mol. The van der Waals surface area contributed by atoms with Gasteiger partial charge < -0.3 is 4.43 Å². The number of benzene rings is 2. The Bertz CT molecular complexity index is 846. The molecule has 3 aliphatic carbocycles. The molecule has 5 atom stereocenters. The monoisotopic (exact) mass is 404 g/mol. The molecule has 0 bridgehead atoms. The third-order valence-corrected chi connectivity index (χ3v) is 13.0. The largest absolute Gasteiger partial charge is 0.404 e. The molecule has 152 valence electrons. The van der Waals surface area contributed by atoms with Crippen molar-refractivity contribution in [1.29, 1.82) is 0 Å². The molecule has 3 fully saturated rings. The predicted octanol–water partition coefficient (Wildman–Crippen LogP) is 4.57. The van der Waals surface area contributed by atoms with Crippen LogP contribution in [-0.2, 0) is 9.22 Å². The quantitative estimate of drug-likeness (QED) is 0.698. The highest BCUT2D eigenvalue weighted by atomic mass is 28.4. The molecule has 2 aromatic rings. The van der Waals surface area contributed by atoms with Crippen LogP contribution in [0, 0.1) is 23.7 Å². The van der Waals surface area contributed by atoms with Crippen LogP contribution in [0.2, 0.25) is 5.04 Å². The van der Waals surface area contributed by atoms with Crippen LogP contribution in [0.5, 0.6) is 0 Å². The number of Topliss-reactive ketones (excluding diaryl/α,β-unsaturated/α-hetero) is 1. The van der Waals surface area contributed by atoms with Gasteiger partial charge in [-0.1, -0.05) is 81.4 Å². The van der Waals surface area contributed by atoms with Crippen molar-refractivity contribution in [3.8, 4) is 0 Å². The maximum atomic E-state index is 12.6. The van der Waals surface area contributed by atoms with Crippen LogP contribution in [-0.4, -0.2) is 20.2 Å². The summed E-state index contributed by atoms with van der Waals surface area (Å²) in [5, 5.41) is 2.68. The first-order valence-electron chi connectivity index (χ1n) is 11.2. The minimum absolute atomic E-state index is 0.00454. The summed E-state index contributed by atoms with van der Waals surface area (Å²) in [7, 11) is -2.54. The number of hydrogen-bond donors (Lipinski definition) is 0. The molecule has 5 rings (SSSR count). The third kappa shape index (κ3) is 2.89. The second-order valence-electron chi connectivity index (χ2n) is 10.4. The van der Waals surface area contributed by atoms with Gasteiger partial charge in [-0.15, -0.1) is 0 Å². The minimum Gasteiger partial charge on any atom is -0.404 e. The highest BCUT2D eigenvalue weighted by molar-refractivity contribution is 6.99. The topological polar surface area (TPSA) is 26.3 Å². The van der Waals surface area contributed by atoms with Crippen molar-refractivity contribution in [3.05, 3.63) is 60.7 Å². The third-order valence-electron chi connectivity index (χ3n) is 7.96. The van der Waals surface area contributed by atoms with E-state index in [0.29, 0.717) is 23.5 Å². The first-order chi connectivity index (χ1) is 13.9. The van der Waals surface area contributed by atoms with E-state index in [2.05, 4.69) is 81.4 Å². The lowest BCUT2D eigenvalue weighted by atomic mass is 9.92. The van der Waals surface area contributed by atoms with Crippen LogP contribution in [0.25, 0.3) is 0 Å². The summed E-state index contributed by atoms with van der Waals surface area (Å²) in [5.74, 6) is 2.56. The molecule has 0 heterocycles. The van der Waals surface area contributed by atoms with Crippen LogP contribution in [0.1, 0.15) is 46.5 Å². The van der Waals surface area contributed by atoms with Crippen molar-refractivity contribution in [2.24, 2.45) is 23.7 Å². The molecule has 29 heavy (non-hydrogen) atoms. The van der Waals surface area contributed by atoms with Gasteiger partial charge in [0.05, 0.1) is 0 Å². The Morgan fingerprint density at radius 1 is 0.897 bits per heavy atom. The Morgan fingerprint density at radius 2 is 1.48 bits per heavy atom. The fraction of sp³-hybridized carbons (Fsp3) is 0.500. The molecule has 0 amide bonds. The fourth-order valence-corrected chi connectivity index (χ4v) is 11.6. The molecule has 3 heteroatoms. The van der Waals surface area contributed by atoms with E-state index in [0.717, 1.165) is 12.8 Å². The highest BCUT2D eigenvalue weighted by Crippen LogP contribution is 2.58. The fourth-order valence-electron chi connectivity index (χ4n) is 6.83. The van der Waals surface area contributed by atoms with Gasteiger partial charge in [-0.05, 0) is 52.4 Å². The smallest absolute Gasteiger partial charge is 0.261 e. The van der Waals surface area contributed by atoms with Crippen molar-refractivity contribution in [3.63, 3.8) is 0 Å². The molecule has 0 N–H and O–H groups in total. The Kier molecular flexibility index (Phi) is 4.60. The first-order valence-corrected chi connectivity index (χ1v) is 13.1. The van der Waals surface area contributed by atoms with E-state index >= 15 is 0 Å². The van der Waals surface area contributed by atoms with Gasteiger partial charge in [0, 0.05) is 18.4 Å². The Morgan fingerprint density at radius 3 is 2.03 bits per heavy atom. The SMILES string of the molecule is CC(C)(C)[Si](O[C@H]1C[C@H]2C(=O)C[C@H]3CC[C@@H]1[C@H]32)(c1ccccc1)c1ccccc1. The minimum atomic E-state index is -2.54. The number of carbonyl (C=O) groups excluding carboxylic acids is 1. The maximum Gasteiger partial charge on any atom is 0.261 e. The first kappa shape index (κ1) is 19.3. The molecule has 0 aromatic heterocycles. The standard InChI is InChI=1S/C26H32O2Si/c1-26(2,3)29(19-10-6-4-7-11-19,20-12-8-5-9-13-20)28-24-17-22-23(27)16-18-14-15-21(24)25(18)22/h4-13,18,21-22,24-25H,14-17H2,1-3H3/t18-,21+,22+,24+,25+/m1/s1. The highest BCUT2D eigenvalue weighted by Gasteiger charge is 2.60. The molecule has 0 unspecified atom stereocenters. The van der Waals surface area contributed by atoms with Crippen molar-refractivity contribution in [2.45, 2.75) is 57.6 Å². The predicted molar refractivity (Wildman–Crippen MR) is 120 cm³/mol. The molecule has 2 aromatic carbocycles. The molecule has 0 saturated heterocycles. The van der Waals surface area contributed by atoms with Gasteiger partial charge in [0.15, 0.2) is 0 Å². The number of rotatable bonds is 4. The van der Waals surface area contributed by atoms with Gasteiger partial charge in [0.1, 0.15) is 5.78 Å². The van der Waals surface area contributed by atoms with E-state index in [1.165, 1.54) is 23.2 Å². The lowest BCUT2D eigenvalue weighted by Gasteiger charge is -2.45. The van der Waals surface area contributed by atoms with E-state index in [4.69, 9.17) is 4.43 Å². The van der Waals surface area contributed by atoms with Crippen LogP contribution in [0.15, 0.2) is 60.7 Å². The number of carbonyl (C=O) groups is 1. The number of ketones is 1. The second kappa shape index (κ2) is 6.92. The zero-order chi connectivity index (χ0) is 20.2.